The summed E-state index contributed by atoms with van der Waals surface area (Å²) >= 11 is 0. The third-order valence-corrected chi connectivity index (χ3v) is 4.99. The van der Waals surface area contributed by atoms with Crippen LogP contribution < -0.4 is 10.1 Å². The Balaban J connectivity index is 1.57. The van der Waals surface area contributed by atoms with E-state index in [9.17, 15) is 9.90 Å². The quantitative estimate of drug-likeness (QED) is 0.834. The van der Waals surface area contributed by atoms with Gasteiger partial charge in [-0.1, -0.05) is 0 Å². The van der Waals surface area contributed by atoms with Crippen molar-refractivity contribution in [2.75, 3.05) is 7.11 Å². The number of pyridine rings is 1. The maximum atomic E-state index is 12.8. The molecule has 0 aliphatic heterocycles. The zero-order valence-corrected chi connectivity index (χ0v) is 14.0. The highest BCUT2D eigenvalue weighted by Crippen LogP contribution is 2.42. The van der Waals surface area contributed by atoms with Crippen LogP contribution in [0, 0.1) is 5.92 Å². The van der Waals surface area contributed by atoms with Crippen LogP contribution in [0.5, 0.6) is 5.75 Å². The largest absolute Gasteiger partial charge is 0.495 e. The fraction of sp³-hybridized carbons (Fsp3) is 0.500. The van der Waals surface area contributed by atoms with Crippen molar-refractivity contribution in [2.45, 2.75) is 43.7 Å². The lowest BCUT2D eigenvalue weighted by atomic mass is 9.75. The number of oxazole rings is 1. The van der Waals surface area contributed by atoms with Gasteiger partial charge in [-0.3, -0.25) is 9.78 Å². The number of ether oxygens (including phenoxy) is 1. The van der Waals surface area contributed by atoms with Crippen molar-refractivity contribution in [1.29, 1.82) is 0 Å². The van der Waals surface area contributed by atoms with Crippen molar-refractivity contribution >= 4 is 5.91 Å². The minimum Gasteiger partial charge on any atom is -0.495 e. The van der Waals surface area contributed by atoms with Crippen LogP contribution in [0.2, 0.25) is 0 Å². The van der Waals surface area contributed by atoms with Crippen LogP contribution >= 0.6 is 0 Å². The molecular formula is C18H21N3O4. The molecule has 2 saturated carbocycles. The molecule has 2 N–H and O–H groups in total. The second-order valence-corrected chi connectivity index (χ2v) is 6.83. The lowest BCUT2D eigenvalue weighted by Crippen LogP contribution is -2.41. The predicted octanol–water partition coefficient (Wildman–Crippen LogP) is 2.20. The lowest BCUT2D eigenvalue weighted by Gasteiger charge is -2.38. The normalized spacial score (nSPS) is 23.6. The third-order valence-electron chi connectivity index (χ3n) is 4.99. The molecule has 2 aromatic rings. The van der Waals surface area contributed by atoms with Gasteiger partial charge >= 0.3 is 0 Å². The smallest absolute Gasteiger partial charge is 0.274 e. The summed E-state index contributed by atoms with van der Waals surface area (Å²) in [6, 6.07) is 1.62. The summed E-state index contributed by atoms with van der Waals surface area (Å²) in [6.07, 6.45) is 7.74. The van der Waals surface area contributed by atoms with Gasteiger partial charge in [0, 0.05) is 12.1 Å². The molecule has 0 unspecified atom stereocenters. The van der Waals surface area contributed by atoms with Gasteiger partial charge < -0.3 is 19.6 Å². The summed E-state index contributed by atoms with van der Waals surface area (Å²) in [7, 11) is 1.58. The van der Waals surface area contributed by atoms with Crippen molar-refractivity contribution in [3.8, 4) is 5.75 Å². The third kappa shape index (κ3) is 3.24. The Kier molecular flexibility index (Phi) is 4.17. The molecule has 0 saturated heterocycles. The van der Waals surface area contributed by atoms with Gasteiger partial charge in [-0.25, -0.2) is 4.98 Å². The number of carbonyl (C=O) groups excluding carboxylic acids is 1. The molecule has 2 aromatic heterocycles. The number of aromatic nitrogens is 2. The van der Waals surface area contributed by atoms with Gasteiger partial charge in [0.15, 0.2) is 12.1 Å². The van der Waals surface area contributed by atoms with Gasteiger partial charge in [0.25, 0.3) is 5.91 Å². The van der Waals surface area contributed by atoms with Crippen LogP contribution in [0.1, 0.15) is 59.5 Å². The summed E-state index contributed by atoms with van der Waals surface area (Å²) in [6.45, 7) is 0. The molecule has 2 heterocycles. The van der Waals surface area contributed by atoms with E-state index in [0.717, 1.165) is 18.4 Å². The summed E-state index contributed by atoms with van der Waals surface area (Å²) in [5.74, 6) is 1.53. The average Bonchev–Trinajstić information content (AvgIpc) is 3.33. The molecule has 2 aliphatic carbocycles. The first-order valence-electron chi connectivity index (χ1n) is 8.57. The first-order valence-corrected chi connectivity index (χ1v) is 8.57. The number of hydrogen-bond acceptors (Lipinski definition) is 6. The Morgan fingerprint density at radius 3 is 2.88 bits per heavy atom. The molecule has 0 bridgehead atoms. The van der Waals surface area contributed by atoms with Gasteiger partial charge in [-0.15, -0.1) is 0 Å². The van der Waals surface area contributed by atoms with E-state index in [1.807, 2.05) is 6.07 Å². The summed E-state index contributed by atoms with van der Waals surface area (Å²) < 4.78 is 10.6. The van der Waals surface area contributed by atoms with E-state index in [0.29, 0.717) is 36.0 Å². The summed E-state index contributed by atoms with van der Waals surface area (Å²) in [5.41, 5.74) is 1.23. The second kappa shape index (κ2) is 6.48. The molecule has 2 fully saturated rings. The predicted molar refractivity (Wildman–Crippen MR) is 88.2 cm³/mol. The Morgan fingerprint density at radius 2 is 2.20 bits per heavy atom. The number of hydrogen-bond donors (Lipinski definition) is 2. The topological polar surface area (TPSA) is 97.5 Å². The fourth-order valence-electron chi connectivity index (χ4n) is 3.36. The molecule has 7 heteroatoms. The first kappa shape index (κ1) is 16.1. The Bertz CT molecular complexity index is 765. The maximum Gasteiger partial charge on any atom is 0.274 e. The molecule has 25 heavy (non-hydrogen) atoms. The number of aliphatic hydroxyl groups is 1. The number of amides is 1. The van der Waals surface area contributed by atoms with Gasteiger partial charge in [-0.05, 0) is 43.2 Å². The van der Waals surface area contributed by atoms with E-state index in [1.54, 1.807) is 19.5 Å². The number of nitrogens with one attached hydrogen (secondary N) is 1. The summed E-state index contributed by atoms with van der Waals surface area (Å²) in [4.78, 5) is 21.1. The zero-order valence-electron chi connectivity index (χ0n) is 14.0. The minimum atomic E-state index is -0.308. The lowest BCUT2D eigenvalue weighted by molar-refractivity contribution is 0.0233. The molecule has 0 radical (unpaired) electrons. The molecule has 1 atom stereocenters. The Labute approximate surface area is 145 Å². The van der Waals surface area contributed by atoms with Crippen molar-refractivity contribution in [1.82, 2.24) is 15.3 Å². The van der Waals surface area contributed by atoms with E-state index < -0.39 is 0 Å². The second-order valence-electron chi connectivity index (χ2n) is 6.83. The van der Waals surface area contributed by atoms with Crippen LogP contribution in [0.15, 0.2) is 29.3 Å². The van der Waals surface area contributed by atoms with Crippen LogP contribution in [0.4, 0.5) is 0 Å². The van der Waals surface area contributed by atoms with E-state index in [4.69, 9.17) is 9.15 Å². The highest BCUT2D eigenvalue weighted by Gasteiger charge is 2.38. The van der Waals surface area contributed by atoms with Gasteiger partial charge in [0.2, 0.25) is 0 Å². The molecule has 4 rings (SSSR count). The molecule has 0 aromatic carbocycles. The van der Waals surface area contributed by atoms with Crippen molar-refractivity contribution < 1.29 is 19.1 Å². The standard InChI is InChI=1S/C18H21N3O4/c1-24-14-6-12(7-19-8-14)15(11-4-13(22)5-11)21-18(23)16-17(10-2-3-10)25-9-20-16/h6-11,13,15,22H,2-5H2,1H3,(H,21,23)/t11?,13?,15-/m0/s1. The molecule has 132 valence electrons. The van der Waals surface area contributed by atoms with Crippen molar-refractivity contribution in [3.63, 3.8) is 0 Å². The number of methoxy groups -OCH3 is 1. The number of aliphatic hydroxyl groups excluding tert-OH is 1. The maximum absolute atomic E-state index is 12.8. The molecule has 2 aliphatic rings. The highest BCUT2D eigenvalue weighted by atomic mass is 16.5. The molecule has 1 amide bonds. The van der Waals surface area contributed by atoms with Crippen molar-refractivity contribution in [2.24, 2.45) is 5.92 Å². The van der Waals surface area contributed by atoms with E-state index in [2.05, 4.69) is 15.3 Å². The first-order chi connectivity index (χ1) is 12.2. The monoisotopic (exact) mass is 343 g/mol. The SMILES string of the molecule is COc1cncc([C@@H](NC(=O)c2ncoc2C2CC2)C2CC(O)C2)c1. The van der Waals surface area contributed by atoms with Gasteiger partial charge in [-0.2, -0.15) is 0 Å². The van der Waals surface area contributed by atoms with Crippen LogP contribution in [0.3, 0.4) is 0 Å². The number of nitrogens with zero attached hydrogens (tertiary/aromatic N) is 2. The fourth-order valence-corrected chi connectivity index (χ4v) is 3.36. The van der Waals surface area contributed by atoms with Gasteiger partial charge in [0.1, 0.15) is 11.5 Å². The van der Waals surface area contributed by atoms with Crippen molar-refractivity contribution in [3.05, 3.63) is 41.9 Å². The van der Waals surface area contributed by atoms with Crippen LogP contribution in [-0.4, -0.2) is 34.2 Å². The Morgan fingerprint density at radius 1 is 1.40 bits per heavy atom. The highest BCUT2D eigenvalue weighted by molar-refractivity contribution is 5.93. The van der Waals surface area contributed by atoms with E-state index >= 15 is 0 Å². The minimum absolute atomic E-state index is 0.157. The number of carbonyl (C=O) groups is 1. The zero-order chi connectivity index (χ0) is 17.4. The number of rotatable bonds is 6. The molecule has 7 nitrogen and oxygen atoms in total. The van der Waals surface area contributed by atoms with E-state index in [1.165, 1.54) is 6.39 Å². The summed E-state index contributed by atoms with van der Waals surface area (Å²) in [5, 5.41) is 12.7. The average molecular weight is 343 g/mol. The Hall–Kier alpha value is -2.41. The van der Waals surface area contributed by atoms with E-state index in [-0.39, 0.29) is 24.0 Å². The van der Waals surface area contributed by atoms with Gasteiger partial charge in [0.05, 0.1) is 25.5 Å². The van der Waals surface area contributed by atoms with Crippen LogP contribution in [-0.2, 0) is 0 Å². The molecule has 0 spiro atoms. The van der Waals surface area contributed by atoms with Crippen LogP contribution in [0.25, 0.3) is 0 Å². The molecular weight excluding hydrogens is 322 g/mol.